The summed E-state index contributed by atoms with van der Waals surface area (Å²) in [6.07, 6.45) is 1.49. The number of hydrogen-bond donors (Lipinski definition) is 0. The molecule has 0 unspecified atom stereocenters. The highest BCUT2D eigenvalue weighted by Gasteiger charge is 2.07. The summed E-state index contributed by atoms with van der Waals surface area (Å²) in [6, 6.07) is 14.2. The molecule has 4 nitrogen and oxygen atoms in total. The van der Waals surface area contributed by atoms with Gasteiger partial charge >= 0.3 is 0 Å². The van der Waals surface area contributed by atoms with Crippen molar-refractivity contribution in [1.82, 2.24) is 9.55 Å². The number of benzene rings is 2. The number of aromatic nitrogens is 2. The summed E-state index contributed by atoms with van der Waals surface area (Å²) >= 11 is 0. The number of fused-ring (bicyclic) bond motifs is 1. The lowest BCUT2D eigenvalue weighted by atomic mass is 10.1. The van der Waals surface area contributed by atoms with E-state index in [1.807, 2.05) is 12.1 Å². The molecule has 3 aromatic rings. The van der Waals surface area contributed by atoms with E-state index < -0.39 is 0 Å². The van der Waals surface area contributed by atoms with Crippen LogP contribution in [0.4, 0.5) is 0 Å². The van der Waals surface area contributed by atoms with Crippen molar-refractivity contribution in [3.63, 3.8) is 0 Å². The van der Waals surface area contributed by atoms with Gasteiger partial charge in [0.25, 0.3) is 5.56 Å². The van der Waals surface area contributed by atoms with E-state index in [0.29, 0.717) is 22.2 Å². The Morgan fingerprint density at radius 3 is 2.70 bits per heavy atom. The van der Waals surface area contributed by atoms with Crippen molar-refractivity contribution in [2.45, 2.75) is 6.92 Å². The maximum atomic E-state index is 12.4. The third kappa shape index (κ3) is 2.01. The Labute approximate surface area is 115 Å². The first-order chi connectivity index (χ1) is 9.66. The van der Waals surface area contributed by atoms with Crippen LogP contribution in [0.5, 0.6) is 0 Å². The highest BCUT2D eigenvalue weighted by Crippen LogP contribution is 2.11. The van der Waals surface area contributed by atoms with Crippen LogP contribution >= 0.6 is 0 Å². The number of rotatable bonds is 2. The lowest BCUT2D eigenvalue weighted by Crippen LogP contribution is -2.19. The van der Waals surface area contributed by atoms with E-state index in [1.54, 1.807) is 36.4 Å². The molecule has 2 aromatic carbocycles. The first-order valence-electron chi connectivity index (χ1n) is 6.24. The number of ketones is 1. The maximum absolute atomic E-state index is 12.4. The number of nitrogens with zero attached hydrogens (tertiary/aromatic N) is 2. The average Bonchev–Trinajstić information content (AvgIpc) is 2.48. The van der Waals surface area contributed by atoms with Gasteiger partial charge in [0.15, 0.2) is 5.78 Å². The first-order valence-corrected chi connectivity index (χ1v) is 6.24. The molecule has 0 N–H and O–H groups in total. The van der Waals surface area contributed by atoms with Gasteiger partial charge in [0.1, 0.15) is 6.33 Å². The quantitative estimate of drug-likeness (QED) is 0.668. The van der Waals surface area contributed by atoms with Gasteiger partial charge in [-0.25, -0.2) is 4.98 Å². The fourth-order valence-corrected chi connectivity index (χ4v) is 2.13. The molecule has 0 saturated heterocycles. The van der Waals surface area contributed by atoms with E-state index in [-0.39, 0.29) is 11.3 Å². The predicted molar refractivity (Wildman–Crippen MR) is 77.3 cm³/mol. The van der Waals surface area contributed by atoms with E-state index in [4.69, 9.17) is 0 Å². The molecule has 0 saturated carbocycles. The van der Waals surface area contributed by atoms with Crippen LogP contribution in [0.1, 0.15) is 17.3 Å². The summed E-state index contributed by atoms with van der Waals surface area (Å²) in [5, 5.41) is 0.559. The Balaban J connectivity index is 2.25. The van der Waals surface area contributed by atoms with Gasteiger partial charge in [-0.15, -0.1) is 0 Å². The van der Waals surface area contributed by atoms with Gasteiger partial charge in [-0.05, 0) is 31.2 Å². The van der Waals surface area contributed by atoms with Crippen LogP contribution in [0, 0.1) is 0 Å². The van der Waals surface area contributed by atoms with Gasteiger partial charge in [-0.2, -0.15) is 0 Å². The second kappa shape index (κ2) is 4.74. The third-order valence-electron chi connectivity index (χ3n) is 3.20. The molecular weight excluding hydrogens is 252 g/mol. The number of hydrogen-bond acceptors (Lipinski definition) is 3. The van der Waals surface area contributed by atoms with Crippen molar-refractivity contribution < 1.29 is 4.79 Å². The second-order valence-corrected chi connectivity index (χ2v) is 4.54. The number of carbonyl (C=O) groups excluding carboxylic acids is 1. The molecule has 0 amide bonds. The summed E-state index contributed by atoms with van der Waals surface area (Å²) in [5.74, 6) is -0.0337. The summed E-state index contributed by atoms with van der Waals surface area (Å²) in [6.45, 7) is 1.50. The molecule has 0 radical (unpaired) electrons. The summed E-state index contributed by atoms with van der Waals surface area (Å²) in [5.41, 5.74) is 1.73. The first kappa shape index (κ1) is 12.3. The van der Waals surface area contributed by atoms with Gasteiger partial charge in [0, 0.05) is 5.56 Å². The van der Waals surface area contributed by atoms with E-state index in [0.717, 1.165) is 0 Å². The molecule has 1 aromatic heterocycles. The maximum Gasteiger partial charge on any atom is 0.265 e. The average molecular weight is 264 g/mol. The van der Waals surface area contributed by atoms with Crippen LogP contribution in [0.3, 0.4) is 0 Å². The van der Waals surface area contributed by atoms with Crippen LogP contribution in [0.15, 0.2) is 59.7 Å². The van der Waals surface area contributed by atoms with E-state index in [2.05, 4.69) is 4.98 Å². The Morgan fingerprint density at radius 2 is 1.90 bits per heavy atom. The lowest BCUT2D eigenvalue weighted by Gasteiger charge is -2.07. The van der Waals surface area contributed by atoms with E-state index in [1.165, 1.54) is 17.8 Å². The smallest absolute Gasteiger partial charge is 0.265 e. The van der Waals surface area contributed by atoms with Crippen LogP contribution in [-0.4, -0.2) is 15.3 Å². The minimum atomic E-state index is -0.142. The Kier molecular flexibility index (Phi) is 2.91. The zero-order valence-electron chi connectivity index (χ0n) is 10.9. The van der Waals surface area contributed by atoms with Gasteiger partial charge in [0.05, 0.1) is 16.6 Å². The standard InChI is InChI=1S/C16H12N2O2/c1-11(19)12-5-4-6-13(9-12)18-10-17-15-8-3-2-7-14(15)16(18)20/h2-10H,1H3. The Hall–Kier alpha value is -2.75. The van der Waals surface area contributed by atoms with Crippen LogP contribution < -0.4 is 5.56 Å². The van der Waals surface area contributed by atoms with Crippen molar-refractivity contribution in [3.05, 3.63) is 70.8 Å². The SMILES string of the molecule is CC(=O)c1cccc(-n2cnc3ccccc3c2=O)c1. The molecule has 20 heavy (non-hydrogen) atoms. The van der Waals surface area contributed by atoms with Crippen LogP contribution in [0.25, 0.3) is 16.6 Å². The molecule has 0 aliphatic heterocycles. The van der Waals surface area contributed by atoms with E-state index in [9.17, 15) is 9.59 Å². The highest BCUT2D eigenvalue weighted by atomic mass is 16.1. The Bertz CT molecular complexity index is 865. The summed E-state index contributed by atoms with van der Waals surface area (Å²) in [7, 11) is 0. The van der Waals surface area contributed by atoms with Gasteiger partial charge in [-0.3, -0.25) is 14.2 Å². The fraction of sp³-hybridized carbons (Fsp3) is 0.0625. The minimum Gasteiger partial charge on any atom is -0.295 e. The normalized spacial score (nSPS) is 10.7. The van der Waals surface area contributed by atoms with Gasteiger partial charge < -0.3 is 0 Å². The van der Waals surface area contributed by atoms with Crippen LogP contribution in [0.2, 0.25) is 0 Å². The molecule has 0 aliphatic carbocycles. The van der Waals surface area contributed by atoms with Gasteiger partial charge in [-0.1, -0.05) is 24.3 Å². The number of carbonyl (C=O) groups is 1. The molecule has 0 atom stereocenters. The molecule has 0 spiro atoms. The highest BCUT2D eigenvalue weighted by molar-refractivity contribution is 5.94. The van der Waals surface area contributed by atoms with E-state index >= 15 is 0 Å². The fourth-order valence-electron chi connectivity index (χ4n) is 2.13. The largest absolute Gasteiger partial charge is 0.295 e. The monoisotopic (exact) mass is 264 g/mol. The zero-order valence-corrected chi connectivity index (χ0v) is 10.9. The molecule has 0 bridgehead atoms. The van der Waals surface area contributed by atoms with Crippen molar-refractivity contribution in [2.24, 2.45) is 0 Å². The molecule has 3 rings (SSSR count). The number of Topliss-reactive ketones (excluding diaryl/α,β-unsaturated/α-hetero) is 1. The molecule has 1 heterocycles. The summed E-state index contributed by atoms with van der Waals surface area (Å²) < 4.78 is 1.45. The number of para-hydroxylation sites is 1. The molecule has 98 valence electrons. The van der Waals surface area contributed by atoms with Gasteiger partial charge in [0.2, 0.25) is 0 Å². The van der Waals surface area contributed by atoms with Crippen LogP contribution in [-0.2, 0) is 0 Å². The zero-order chi connectivity index (χ0) is 14.1. The molecule has 0 aliphatic rings. The van der Waals surface area contributed by atoms with Crippen molar-refractivity contribution in [2.75, 3.05) is 0 Å². The Morgan fingerprint density at radius 1 is 1.10 bits per heavy atom. The van der Waals surface area contributed by atoms with Crippen molar-refractivity contribution in [1.29, 1.82) is 0 Å². The van der Waals surface area contributed by atoms with Crippen molar-refractivity contribution in [3.8, 4) is 5.69 Å². The van der Waals surface area contributed by atoms with Crippen molar-refractivity contribution >= 4 is 16.7 Å². The minimum absolute atomic E-state index is 0.0337. The molecular formula is C16H12N2O2. The topological polar surface area (TPSA) is 52.0 Å². The third-order valence-corrected chi connectivity index (χ3v) is 3.20. The predicted octanol–water partition coefficient (Wildman–Crippen LogP) is 2.59. The molecule has 4 heteroatoms. The second-order valence-electron chi connectivity index (χ2n) is 4.54. The molecule has 0 fully saturated rings. The summed E-state index contributed by atoms with van der Waals surface area (Å²) in [4.78, 5) is 28.1. The lowest BCUT2D eigenvalue weighted by molar-refractivity contribution is 0.101.